The Hall–Kier alpha value is -3.19. The highest BCUT2D eigenvalue weighted by Gasteiger charge is 2.65. The van der Waals surface area contributed by atoms with Crippen LogP contribution in [0, 0.1) is 34.4 Å². The zero-order valence-corrected chi connectivity index (χ0v) is 19.0. The van der Waals surface area contributed by atoms with Gasteiger partial charge < -0.3 is 9.47 Å². The molecule has 1 aliphatic carbocycles. The first-order chi connectivity index (χ1) is 16.2. The number of hydrogen-bond donors (Lipinski definition) is 0. The molecule has 4 nitrogen and oxygen atoms in total. The summed E-state index contributed by atoms with van der Waals surface area (Å²) in [4.78, 5) is 12.3. The van der Waals surface area contributed by atoms with Gasteiger partial charge in [0, 0.05) is 11.6 Å². The molecule has 0 amide bonds. The van der Waals surface area contributed by atoms with E-state index in [0.717, 1.165) is 5.75 Å². The van der Waals surface area contributed by atoms with Crippen LogP contribution in [-0.2, 0) is 9.53 Å². The fourth-order valence-electron chi connectivity index (χ4n) is 3.52. The minimum absolute atomic E-state index is 0.278. The van der Waals surface area contributed by atoms with Crippen molar-refractivity contribution >= 4 is 17.6 Å². The van der Waals surface area contributed by atoms with Gasteiger partial charge in [0.1, 0.15) is 11.8 Å². The van der Waals surface area contributed by atoms with E-state index in [-0.39, 0.29) is 5.82 Å². The van der Waals surface area contributed by atoms with Gasteiger partial charge >= 0.3 is 18.1 Å². The first-order valence-electron chi connectivity index (χ1n) is 10.1. The molecule has 11 heteroatoms. The fraction of sp³-hybridized carbons (Fsp3) is 0.333. The molecule has 2 aromatic rings. The highest BCUT2D eigenvalue weighted by molar-refractivity contribution is 6.30. The van der Waals surface area contributed by atoms with E-state index in [1.54, 1.807) is 48.5 Å². The number of carbonyl (C=O) groups is 1. The highest BCUT2D eigenvalue weighted by atomic mass is 35.5. The van der Waals surface area contributed by atoms with Gasteiger partial charge in [-0.2, -0.15) is 27.2 Å². The van der Waals surface area contributed by atoms with E-state index in [0.29, 0.717) is 17.4 Å². The van der Waals surface area contributed by atoms with Crippen molar-refractivity contribution in [3.63, 3.8) is 0 Å². The normalized spacial score (nSPS) is 20.7. The van der Waals surface area contributed by atoms with Crippen molar-refractivity contribution in [2.45, 2.75) is 32.1 Å². The number of benzene rings is 2. The zero-order valence-electron chi connectivity index (χ0n) is 18.2. The maximum Gasteiger partial charge on any atom is 0.459 e. The van der Waals surface area contributed by atoms with Gasteiger partial charge in [-0.1, -0.05) is 61.9 Å². The van der Waals surface area contributed by atoms with Crippen LogP contribution in [-0.4, -0.2) is 18.1 Å². The van der Waals surface area contributed by atoms with E-state index in [1.165, 1.54) is 19.9 Å². The number of nitrogens with zero attached hydrogens (tertiary/aromatic N) is 1. The van der Waals surface area contributed by atoms with Crippen LogP contribution in [0.5, 0.6) is 11.5 Å². The summed E-state index contributed by atoms with van der Waals surface area (Å²) < 4.78 is 85.9. The standard InChI is InChI=1S/C18H15ClF5NO2.C6H3FO/c1-16(2)11(8-13(19)17(20,21)18(22,23)24)14(16)15(26)27-12(9-25)10-6-4-3-5-7-10;7-5-2-1-4-3-6(5)8-4/h3-8,11-12,14H,1-2H3;1-3H. The minimum atomic E-state index is -5.84. The van der Waals surface area contributed by atoms with E-state index in [2.05, 4.69) is 0 Å². The molecule has 5 rings (SSSR count). The van der Waals surface area contributed by atoms with Crippen LogP contribution in [0.15, 0.2) is 59.6 Å². The lowest BCUT2D eigenvalue weighted by atomic mass is 10.1. The zero-order chi connectivity index (χ0) is 26.2. The molecule has 2 bridgehead atoms. The largest absolute Gasteiger partial charge is 0.459 e. The molecule has 2 aliphatic heterocycles. The lowest BCUT2D eigenvalue weighted by molar-refractivity contribution is -0.261. The Morgan fingerprint density at radius 2 is 1.77 bits per heavy atom. The van der Waals surface area contributed by atoms with Crippen LogP contribution < -0.4 is 4.74 Å². The molecule has 2 aromatic carbocycles. The van der Waals surface area contributed by atoms with Crippen molar-refractivity contribution in [2.75, 3.05) is 0 Å². The number of allylic oxidation sites excluding steroid dienone is 2. The van der Waals surface area contributed by atoms with Gasteiger partial charge in [0.05, 0.1) is 11.0 Å². The summed E-state index contributed by atoms with van der Waals surface area (Å²) in [5.41, 5.74) is -0.518. The Morgan fingerprint density at radius 3 is 2.20 bits per heavy atom. The van der Waals surface area contributed by atoms with Crippen LogP contribution in [0.25, 0.3) is 0 Å². The first kappa shape index (κ1) is 26.4. The van der Waals surface area contributed by atoms with E-state index < -0.39 is 46.5 Å². The topological polar surface area (TPSA) is 59.3 Å². The van der Waals surface area contributed by atoms with E-state index in [1.807, 2.05) is 0 Å². The lowest BCUT2D eigenvalue weighted by Crippen LogP contribution is -2.36. The van der Waals surface area contributed by atoms with Gasteiger partial charge in [-0.15, -0.1) is 0 Å². The second-order valence-electron chi connectivity index (χ2n) is 8.46. The number of halogens is 7. The molecule has 2 heterocycles. The average Bonchev–Trinajstić information content (AvgIpc) is 3.31. The Morgan fingerprint density at radius 1 is 1.17 bits per heavy atom. The molecule has 0 aromatic heterocycles. The smallest absolute Gasteiger partial charge is 0.454 e. The number of hydrogen-bond acceptors (Lipinski definition) is 4. The average molecular weight is 518 g/mol. The van der Waals surface area contributed by atoms with Crippen LogP contribution >= 0.6 is 11.6 Å². The number of esters is 1. The van der Waals surface area contributed by atoms with Crippen molar-refractivity contribution < 1.29 is 40.6 Å². The number of ether oxygens (including phenoxy) is 2. The molecular formula is C24H18ClF6NO3. The molecule has 0 N–H and O–H groups in total. The maximum absolute atomic E-state index is 13.3. The van der Waals surface area contributed by atoms with Gasteiger partial charge in [-0.05, 0) is 23.5 Å². The minimum Gasteiger partial charge on any atom is -0.454 e. The Labute approximate surface area is 201 Å². The van der Waals surface area contributed by atoms with Crippen LogP contribution in [0.2, 0.25) is 0 Å². The third-order valence-corrected chi connectivity index (χ3v) is 6.09. The van der Waals surface area contributed by atoms with Crippen molar-refractivity contribution in [3.8, 4) is 17.6 Å². The summed E-state index contributed by atoms with van der Waals surface area (Å²) in [7, 11) is 0. The SMILES string of the molecule is CC1(C)C(C=C(Cl)C(F)(F)C(F)(F)F)C1C(=O)OC(C#N)c1ccccc1.Fc1ccc2cc1O2. The molecule has 0 radical (unpaired) electrons. The molecule has 186 valence electrons. The van der Waals surface area contributed by atoms with Gasteiger partial charge in [0.25, 0.3) is 0 Å². The lowest BCUT2D eigenvalue weighted by Gasteiger charge is -2.18. The summed E-state index contributed by atoms with van der Waals surface area (Å²) in [6.07, 6.45) is -6.51. The second-order valence-corrected chi connectivity index (χ2v) is 8.87. The Bertz CT molecular complexity index is 1170. The summed E-state index contributed by atoms with van der Waals surface area (Å²) >= 11 is 5.20. The molecule has 1 saturated carbocycles. The summed E-state index contributed by atoms with van der Waals surface area (Å²) in [6.45, 7) is 3.03. The highest BCUT2D eigenvalue weighted by Crippen LogP contribution is 2.61. The molecule has 3 atom stereocenters. The molecular weight excluding hydrogens is 500 g/mol. The van der Waals surface area contributed by atoms with Crippen molar-refractivity contribution in [1.29, 1.82) is 5.26 Å². The monoisotopic (exact) mass is 517 g/mol. The van der Waals surface area contributed by atoms with Gasteiger partial charge in [0.15, 0.2) is 11.6 Å². The van der Waals surface area contributed by atoms with Crippen LogP contribution in [0.1, 0.15) is 25.5 Å². The van der Waals surface area contributed by atoms with Gasteiger partial charge in [-0.25, -0.2) is 4.39 Å². The molecule has 0 saturated heterocycles. The van der Waals surface area contributed by atoms with Crippen molar-refractivity contribution in [2.24, 2.45) is 17.3 Å². The van der Waals surface area contributed by atoms with Crippen LogP contribution in [0.4, 0.5) is 26.3 Å². The number of carbonyl (C=O) groups excluding carboxylic acids is 1. The van der Waals surface area contributed by atoms with E-state index in [4.69, 9.17) is 21.1 Å². The second kappa shape index (κ2) is 9.46. The predicted octanol–water partition coefficient (Wildman–Crippen LogP) is 7.32. The van der Waals surface area contributed by atoms with E-state index >= 15 is 0 Å². The molecule has 3 unspecified atom stereocenters. The molecule has 1 fully saturated rings. The fourth-order valence-corrected chi connectivity index (χ4v) is 3.76. The Kier molecular flexibility index (Phi) is 7.14. The van der Waals surface area contributed by atoms with Crippen molar-refractivity contribution in [1.82, 2.24) is 0 Å². The molecule has 3 aliphatic rings. The third-order valence-electron chi connectivity index (χ3n) is 5.73. The maximum atomic E-state index is 13.3. The summed E-state index contributed by atoms with van der Waals surface area (Å²) in [5, 5.41) is 7.49. The van der Waals surface area contributed by atoms with E-state index in [9.17, 15) is 36.4 Å². The molecule has 0 spiro atoms. The molecule has 35 heavy (non-hydrogen) atoms. The van der Waals surface area contributed by atoms with Gasteiger partial charge in [-0.3, -0.25) is 4.79 Å². The number of rotatable bonds is 5. The number of nitriles is 1. The number of alkyl halides is 5. The summed E-state index contributed by atoms with van der Waals surface area (Å²) in [6, 6.07) is 14.6. The quantitative estimate of drug-likeness (QED) is 0.263. The third kappa shape index (κ3) is 5.40. The first-order valence-corrected chi connectivity index (χ1v) is 10.5. The summed E-state index contributed by atoms with van der Waals surface area (Å²) in [5.74, 6) is -7.20. The Balaban J connectivity index is 0.000000355. The predicted molar refractivity (Wildman–Crippen MR) is 113 cm³/mol. The number of fused-ring (bicyclic) bond motifs is 2. The van der Waals surface area contributed by atoms with Crippen molar-refractivity contribution in [3.05, 3.63) is 71.0 Å². The van der Waals surface area contributed by atoms with Crippen LogP contribution in [0.3, 0.4) is 0 Å². The van der Waals surface area contributed by atoms with Gasteiger partial charge in [0.2, 0.25) is 6.10 Å².